The maximum atomic E-state index is 11.0. The van der Waals surface area contributed by atoms with Crippen molar-refractivity contribution in [2.24, 2.45) is 5.41 Å². The second-order valence-corrected chi connectivity index (χ2v) is 9.63. The summed E-state index contributed by atoms with van der Waals surface area (Å²) in [5.41, 5.74) is -0.0415. The number of fused-ring (bicyclic) bond motifs is 1. The minimum absolute atomic E-state index is 0.0401. The molecule has 0 fully saturated rings. The van der Waals surface area contributed by atoms with Gasteiger partial charge in [-0.2, -0.15) is 0 Å². The van der Waals surface area contributed by atoms with E-state index in [0.29, 0.717) is 23.0 Å². The van der Waals surface area contributed by atoms with Gasteiger partial charge in [0.05, 0.1) is 6.10 Å². The summed E-state index contributed by atoms with van der Waals surface area (Å²) in [6.07, 6.45) is 0.603. The lowest BCUT2D eigenvalue weighted by molar-refractivity contribution is -0.0471. The number of aldehydes is 1. The van der Waals surface area contributed by atoms with Gasteiger partial charge in [-0.3, -0.25) is 4.79 Å². The van der Waals surface area contributed by atoms with Gasteiger partial charge in [0, 0.05) is 5.38 Å². The van der Waals surface area contributed by atoms with E-state index in [4.69, 9.17) is 13.9 Å². The Bertz CT molecular complexity index is 478. The van der Waals surface area contributed by atoms with Crippen molar-refractivity contribution in [3.8, 4) is 11.5 Å². The monoisotopic (exact) mass is 314 g/mol. The summed E-state index contributed by atoms with van der Waals surface area (Å²) < 4.78 is 17.9. The van der Waals surface area contributed by atoms with Crippen LogP contribution in [-0.4, -0.2) is 34.1 Å². The van der Waals surface area contributed by atoms with Crippen LogP contribution < -0.4 is 9.47 Å². The number of carbonyl (C=O) groups excluding carboxylic acids is 1. The second-order valence-electron chi connectivity index (χ2n) is 6.35. The maximum absolute atomic E-state index is 11.0. The van der Waals surface area contributed by atoms with Crippen LogP contribution in [0.5, 0.6) is 11.5 Å². The number of hydrogen-bond donors (Lipinski definition) is 0. The minimum atomic E-state index is -1.19. The summed E-state index contributed by atoms with van der Waals surface area (Å²) in [4.78, 5) is 11.6. The first-order valence-corrected chi connectivity index (χ1v) is 10.5. The molecule has 0 N–H and O–H groups in total. The Kier molecular flexibility index (Phi) is 4.56. The normalized spacial score (nSPS) is 20.0. The molecule has 2 heterocycles. The molecular weight excluding hydrogens is 292 g/mol. The SMILES string of the molecule is C[SiH](C)OC(C1COc2csc(C=O)c2O1)C(C)(C)C. The predicted molar refractivity (Wildman–Crippen MR) is 82.8 cm³/mol. The van der Waals surface area contributed by atoms with Crippen LogP contribution in [0.2, 0.25) is 13.1 Å². The van der Waals surface area contributed by atoms with E-state index in [-0.39, 0.29) is 17.6 Å². The van der Waals surface area contributed by atoms with Gasteiger partial charge < -0.3 is 13.9 Å². The van der Waals surface area contributed by atoms with E-state index in [1.165, 1.54) is 11.3 Å². The molecule has 0 saturated heterocycles. The van der Waals surface area contributed by atoms with Gasteiger partial charge in [-0.25, -0.2) is 0 Å². The lowest BCUT2D eigenvalue weighted by Crippen LogP contribution is -2.49. The number of carbonyl (C=O) groups is 1. The molecule has 20 heavy (non-hydrogen) atoms. The van der Waals surface area contributed by atoms with Crippen molar-refractivity contribution in [1.29, 1.82) is 0 Å². The Balaban J connectivity index is 2.22. The summed E-state index contributed by atoms with van der Waals surface area (Å²) in [5.74, 6) is 1.24. The summed E-state index contributed by atoms with van der Waals surface area (Å²) in [6.45, 7) is 11.2. The highest BCUT2D eigenvalue weighted by atomic mass is 32.1. The lowest BCUT2D eigenvalue weighted by atomic mass is 9.86. The molecule has 2 rings (SSSR count). The summed E-state index contributed by atoms with van der Waals surface area (Å²) in [7, 11) is -1.19. The van der Waals surface area contributed by atoms with Crippen LogP contribution in [0.4, 0.5) is 0 Å². The molecule has 0 aliphatic carbocycles. The van der Waals surface area contributed by atoms with Gasteiger partial charge in [0.25, 0.3) is 0 Å². The van der Waals surface area contributed by atoms with Gasteiger partial charge in [0.1, 0.15) is 11.5 Å². The third kappa shape index (κ3) is 3.24. The van der Waals surface area contributed by atoms with Crippen LogP contribution in [0, 0.1) is 5.41 Å². The molecule has 0 radical (unpaired) electrons. The second kappa shape index (κ2) is 5.87. The molecule has 0 spiro atoms. The zero-order chi connectivity index (χ0) is 14.9. The van der Waals surface area contributed by atoms with Crippen molar-refractivity contribution in [2.45, 2.75) is 46.1 Å². The number of hydrogen-bond acceptors (Lipinski definition) is 5. The molecule has 2 unspecified atom stereocenters. The van der Waals surface area contributed by atoms with E-state index >= 15 is 0 Å². The number of ether oxygens (including phenoxy) is 2. The van der Waals surface area contributed by atoms with Gasteiger partial charge in [0.15, 0.2) is 32.9 Å². The minimum Gasteiger partial charge on any atom is -0.485 e. The first-order chi connectivity index (χ1) is 9.32. The number of rotatable bonds is 4. The molecule has 4 nitrogen and oxygen atoms in total. The average Bonchev–Trinajstić information content (AvgIpc) is 2.76. The van der Waals surface area contributed by atoms with E-state index in [1.54, 1.807) is 0 Å². The Labute approximate surface area is 125 Å². The van der Waals surface area contributed by atoms with Crippen LogP contribution in [0.15, 0.2) is 5.38 Å². The van der Waals surface area contributed by atoms with Crippen molar-refractivity contribution in [2.75, 3.05) is 6.61 Å². The molecule has 6 heteroatoms. The Morgan fingerprint density at radius 3 is 2.75 bits per heavy atom. The fourth-order valence-electron chi connectivity index (χ4n) is 2.29. The van der Waals surface area contributed by atoms with Crippen LogP contribution >= 0.6 is 11.3 Å². The summed E-state index contributed by atoms with van der Waals surface area (Å²) >= 11 is 1.35. The van der Waals surface area contributed by atoms with Crippen LogP contribution in [0.25, 0.3) is 0 Å². The zero-order valence-electron chi connectivity index (χ0n) is 12.6. The molecular formula is C14H22O4SSi. The molecule has 112 valence electrons. The van der Waals surface area contributed by atoms with E-state index in [0.717, 1.165) is 6.29 Å². The van der Waals surface area contributed by atoms with E-state index in [1.807, 2.05) is 5.38 Å². The average molecular weight is 314 g/mol. The first-order valence-electron chi connectivity index (χ1n) is 6.84. The lowest BCUT2D eigenvalue weighted by Gasteiger charge is -2.39. The topological polar surface area (TPSA) is 44.8 Å². The molecule has 1 aliphatic rings. The van der Waals surface area contributed by atoms with Crippen molar-refractivity contribution < 1.29 is 18.7 Å². The molecule has 2 atom stereocenters. The van der Waals surface area contributed by atoms with Crippen molar-refractivity contribution >= 4 is 26.7 Å². The quantitative estimate of drug-likeness (QED) is 0.633. The highest BCUT2D eigenvalue weighted by Gasteiger charge is 2.39. The van der Waals surface area contributed by atoms with Gasteiger partial charge >= 0.3 is 0 Å². The van der Waals surface area contributed by atoms with Crippen LogP contribution in [0.1, 0.15) is 30.4 Å². The molecule has 1 aromatic rings. The van der Waals surface area contributed by atoms with Crippen LogP contribution in [-0.2, 0) is 4.43 Å². The number of thiophene rings is 1. The van der Waals surface area contributed by atoms with E-state index < -0.39 is 9.04 Å². The van der Waals surface area contributed by atoms with Crippen molar-refractivity contribution in [3.05, 3.63) is 10.3 Å². The molecule has 0 aromatic carbocycles. The third-order valence-corrected chi connectivity index (χ3v) is 4.83. The summed E-state index contributed by atoms with van der Waals surface area (Å²) in [6, 6.07) is 0. The van der Waals surface area contributed by atoms with Gasteiger partial charge in [-0.15, -0.1) is 11.3 Å². The summed E-state index contributed by atoms with van der Waals surface area (Å²) in [5, 5.41) is 1.82. The molecule has 1 aliphatic heterocycles. The predicted octanol–water partition coefficient (Wildman–Crippen LogP) is 3.12. The standard InChI is InChI=1S/C14H22O4SSi/c1-14(2,3)13(18-20(4)5)9-7-16-10-8-19-11(6-15)12(10)17-9/h6,8-9,13,20H,7H2,1-5H3. The molecule has 0 bridgehead atoms. The Hall–Kier alpha value is -0.853. The first kappa shape index (κ1) is 15.5. The Morgan fingerprint density at radius 1 is 1.50 bits per heavy atom. The fraction of sp³-hybridized carbons (Fsp3) is 0.643. The van der Waals surface area contributed by atoms with Crippen molar-refractivity contribution in [3.63, 3.8) is 0 Å². The van der Waals surface area contributed by atoms with E-state index in [9.17, 15) is 4.79 Å². The highest BCUT2D eigenvalue weighted by molar-refractivity contribution is 7.12. The van der Waals surface area contributed by atoms with Gasteiger partial charge in [-0.05, 0) is 18.5 Å². The third-order valence-electron chi connectivity index (χ3n) is 3.13. The molecule has 0 amide bonds. The molecule has 1 aromatic heterocycles. The smallest absolute Gasteiger partial charge is 0.183 e. The Morgan fingerprint density at radius 2 is 2.20 bits per heavy atom. The fourth-order valence-corrected chi connectivity index (χ4v) is 4.18. The maximum Gasteiger partial charge on any atom is 0.183 e. The highest BCUT2D eigenvalue weighted by Crippen LogP contribution is 2.41. The van der Waals surface area contributed by atoms with E-state index in [2.05, 4.69) is 33.9 Å². The zero-order valence-corrected chi connectivity index (χ0v) is 14.6. The van der Waals surface area contributed by atoms with Crippen molar-refractivity contribution in [1.82, 2.24) is 0 Å². The molecule has 0 saturated carbocycles. The largest absolute Gasteiger partial charge is 0.485 e. The van der Waals surface area contributed by atoms with Crippen LogP contribution in [0.3, 0.4) is 0 Å². The van der Waals surface area contributed by atoms with Gasteiger partial charge in [-0.1, -0.05) is 20.8 Å². The van der Waals surface area contributed by atoms with Gasteiger partial charge in [0.2, 0.25) is 0 Å².